The molecular formula is C11H14N2O5S. The third-order valence-electron chi connectivity index (χ3n) is 2.14. The van der Waals surface area contributed by atoms with E-state index in [9.17, 15) is 14.4 Å². The Balaban J connectivity index is 2.45. The number of carboxylic acids is 1. The Labute approximate surface area is 113 Å². The summed E-state index contributed by atoms with van der Waals surface area (Å²) in [7, 11) is 0. The van der Waals surface area contributed by atoms with Crippen molar-refractivity contribution < 1.29 is 24.2 Å². The molecule has 1 aromatic heterocycles. The molecule has 0 aliphatic heterocycles. The molecule has 104 valence electrons. The lowest BCUT2D eigenvalue weighted by atomic mass is 10.2. The number of rotatable bonds is 6. The van der Waals surface area contributed by atoms with Crippen molar-refractivity contribution in [1.29, 1.82) is 0 Å². The second-order valence-electron chi connectivity index (χ2n) is 3.79. The van der Waals surface area contributed by atoms with Crippen molar-refractivity contribution in [2.24, 2.45) is 5.73 Å². The largest absolute Gasteiger partial charge is 0.481 e. The van der Waals surface area contributed by atoms with Gasteiger partial charge in [0.25, 0.3) is 0 Å². The molecule has 2 atom stereocenters. The summed E-state index contributed by atoms with van der Waals surface area (Å²) in [5.74, 6) is -2.53. The molecule has 1 heterocycles. The van der Waals surface area contributed by atoms with E-state index in [0.717, 1.165) is 0 Å². The van der Waals surface area contributed by atoms with Crippen LogP contribution in [0.3, 0.4) is 0 Å². The van der Waals surface area contributed by atoms with Gasteiger partial charge in [-0.15, -0.1) is 11.3 Å². The van der Waals surface area contributed by atoms with E-state index in [1.54, 1.807) is 17.5 Å². The van der Waals surface area contributed by atoms with E-state index in [1.807, 2.05) is 0 Å². The molecule has 0 saturated heterocycles. The first-order valence-corrected chi connectivity index (χ1v) is 6.31. The lowest BCUT2D eigenvalue weighted by Gasteiger charge is -2.15. The molecule has 1 rings (SSSR count). The minimum atomic E-state index is -1.20. The average Bonchev–Trinajstić information content (AvgIpc) is 2.80. The van der Waals surface area contributed by atoms with Crippen LogP contribution in [0.15, 0.2) is 17.5 Å². The number of carboxylic acid groups (broad SMARTS) is 1. The molecular weight excluding hydrogens is 272 g/mol. The Bertz CT molecular complexity index is 460. The number of carbonyl (C=O) groups is 3. The number of carbonyl (C=O) groups excluding carboxylic acids is 2. The zero-order chi connectivity index (χ0) is 14.4. The molecule has 0 fully saturated rings. The molecule has 0 unspecified atom stereocenters. The van der Waals surface area contributed by atoms with Gasteiger partial charge in [-0.2, -0.15) is 0 Å². The van der Waals surface area contributed by atoms with Crippen molar-refractivity contribution >= 4 is 29.2 Å². The molecule has 7 nitrogen and oxygen atoms in total. The van der Waals surface area contributed by atoms with Crippen LogP contribution in [0.5, 0.6) is 5.06 Å². The Morgan fingerprint density at radius 2 is 2.21 bits per heavy atom. The first-order valence-electron chi connectivity index (χ1n) is 5.43. The number of thiophene rings is 1. The number of ether oxygens (including phenoxy) is 1. The van der Waals surface area contributed by atoms with Crippen LogP contribution in [-0.2, 0) is 14.4 Å². The van der Waals surface area contributed by atoms with Crippen LogP contribution in [-0.4, -0.2) is 35.0 Å². The van der Waals surface area contributed by atoms with Gasteiger partial charge in [-0.1, -0.05) is 0 Å². The summed E-state index contributed by atoms with van der Waals surface area (Å²) in [4.78, 5) is 33.5. The fraction of sp³-hybridized carbons (Fsp3) is 0.364. The first kappa shape index (κ1) is 15.1. The second kappa shape index (κ2) is 6.86. The van der Waals surface area contributed by atoms with E-state index in [0.29, 0.717) is 5.06 Å². The molecule has 0 aliphatic rings. The fourth-order valence-electron chi connectivity index (χ4n) is 1.17. The molecule has 1 amide bonds. The highest BCUT2D eigenvalue weighted by atomic mass is 32.1. The normalized spacial score (nSPS) is 13.4. The third kappa shape index (κ3) is 5.06. The number of nitrogens with two attached hydrogens (primary N) is 1. The highest BCUT2D eigenvalue weighted by Gasteiger charge is 2.23. The van der Waals surface area contributed by atoms with Gasteiger partial charge in [-0.3, -0.25) is 9.59 Å². The summed E-state index contributed by atoms with van der Waals surface area (Å²) < 4.78 is 4.99. The second-order valence-corrected chi connectivity index (χ2v) is 4.70. The topological polar surface area (TPSA) is 119 Å². The maximum Gasteiger partial charge on any atom is 0.334 e. The maximum atomic E-state index is 11.6. The SMILES string of the molecule is C[C@H](NC(=O)[C@@H](N)CC(=O)O)C(=O)Oc1cccs1. The minimum Gasteiger partial charge on any atom is -0.481 e. The Kier molecular flexibility index (Phi) is 5.46. The molecule has 0 aromatic carbocycles. The van der Waals surface area contributed by atoms with Crippen molar-refractivity contribution in [3.8, 4) is 5.06 Å². The molecule has 0 bridgehead atoms. The van der Waals surface area contributed by atoms with Gasteiger partial charge in [0.15, 0.2) is 5.06 Å². The average molecular weight is 286 g/mol. The van der Waals surface area contributed by atoms with Crippen LogP contribution >= 0.6 is 11.3 Å². The Hall–Kier alpha value is -1.93. The van der Waals surface area contributed by atoms with Gasteiger partial charge in [0, 0.05) is 0 Å². The molecule has 0 aliphatic carbocycles. The molecule has 8 heteroatoms. The van der Waals surface area contributed by atoms with E-state index in [4.69, 9.17) is 15.6 Å². The highest BCUT2D eigenvalue weighted by molar-refractivity contribution is 7.11. The maximum absolute atomic E-state index is 11.6. The van der Waals surface area contributed by atoms with Crippen molar-refractivity contribution in [2.75, 3.05) is 0 Å². The summed E-state index contributed by atoms with van der Waals surface area (Å²) in [5.41, 5.74) is 5.36. The van der Waals surface area contributed by atoms with E-state index in [2.05, 4.69) is 5.32 Å². The molecule has 0 spiro atoms. The zero-order valence-electron chi connectivity index (χ0n) is 10.2. The molecule has 0 radical (unpaired) electrons. The quantitative estimate of drug-likeness (QED) is 0.631. The molecule has 19 heavy (non-hydrogen) atoms. The van der Waals surface area contributed by atoms with E-state index >= 15 is 0 Å². The predicted molar refractivity (Wildman–Crippen MR) is 67.8 cm³/mol. The van der Waals surface area contributed by atoms with Gasteiger partial charge in [0.05, 0.1) is 12.5 Å². The number of nitrogens with one attached hydrogen (secondary N) is 1. The van der Waals surface area contributed by atoms with Crippen molar-refractivity contribution in [1.82, 2.24) is 5.32 Å². The molecule has 0 saturated carbocycles. The van der Waals surface area contributed by atoms with Crippen molar-refractivity contribution in [3.63, 3.8) is 0 Å². The molecule has 4 N–H and O–H groups in total. The predicted octanol–water partition coefficient (Wildman–Crippen LogP) is -0.0398. The summed E-state index contributed by atoms with van der Waals surface area (Å²) >= 11 is 1.24. The van der Waals surface area contributed by atoms with Crippen LogP contribution in [0.2, 0.25) is 0 Å². The number of hydrogen-bond acceptors (Lipinski definition) is 6. The lowest BCUT2D eigenvalue weighted by molar-refractivity contribution is -0.140. The van der Waals surface area contributed by atoms with Crippen LogP contribution in [0, 0.1) is 0 Å². The number of aliphatic carboxylic acids is 1. The summed E-state index contributed by atoms with van der Waals surface area (Å²) in [5, 5.41) is 13.0. The summed E-state index contributed by atoms with van der Waals surface area (Å²) in [6, 6.07) is 1.23. The first-order chi connectivity index (χ1) is 8.90. The van der Waals surface area contributed by atoms with Gasteiger partial charge < -0.3 is 20.9 Å². The minimum absolute atomic E-state index is 0.418. The zero-order valence-corrected chi connectivity index (χ0v) is 11.0. The number of hydrogen-bond donors (Lipinski definition) is 3. The third-order valence-corrected chi connectivity index (χ3v) is 2.88. The number of esters is 1. The summed E-state index contributed by atoms with van der Waals surface area (Å²) in [6.45, 7) is 1.43. The number of amides is 1. The van der Waals surface area contributed by atoms with Crippen molar-refractivity contribution in [2.45, 2.75) is 25.4 Å². The Morgan fingerprint density at radius 1 is 1.53 bits per heavy atom. The van der Waals surface area contributed by atoms with Crippen LogP contribution < -0.4 is 15.8 Å². The van der Waals surface area contributed by atoms with Gasteiger partial charge >= 0.3 is 11.9 Å². The highest BCUT2D eigenvalue weighted by Crippen LogP contribution is 2.18. The molecule has 1 aromatic rings. The van der Waals surface area contributed by atoms with Crippen molar-refractivity contribution in [3.05, 3.63) is 17.5 Å². The van der Waals surface area contributed by atoms with Gasteiger partial charge in [-0.05, 0) is 24.4 Å². The van der Waals surface area contributed by atoms with Crippen LogP contribution in [0.4, 0.5) is 0 Å². The van der Waals surface area contributed by atoms with E-state index in [1.165, 1.54) is 18.3 Å². The fourth-order valence-corrected chi connectivity index (χ4v) is 1.75. The van der Waals surface area contributed by atoms with E-state index < -0.39 is 36.4 Å². The van der Waals surface area contributed by atoms with Gasteiger partial charge in [0.1, 0.15) is 6.04 Å². The van der Waals surface area contributed by atoms with Gasteiger partial charge in [0.2, 0.25) is 5.91 Å². The van der Waals surface area contributed by atoms with Crippen LogP contribution in [0.25, 0.3) is 0 Å². The van der Waals surface area contributed by atoms with Gasteiger partial charge in [-0.25, -0.2) is 4.79 Å². The lowest BCUT2D eigenvalue weighted by Crippen LogP contribution is -2.48. The Morgan fingerprint density at radius 3 is 2.74 bits per heavy atom. The monoisotopic (exact) mass is 286 g/mol. The summed E-state index contributed by atoms with van der Waals surface area (Å²) in [6.07, 6.45) is -0.501. The standard InChI is InChI=1S/C11H14N2O5S/c1-6(11(17)18-9-3-2-4-19-9)13-10(16)7(12)5-8(14)15/h2-4,6-7H,5,12H2,1H3,(H,13,16)(H,14,15)/t6-,7-/m0/s1. The smallest absolute Gasteiger partial charge is 0.334 e. The van der Waals surface area contributed by atoms with E-state index in [-0.39, 0.29) is 0 Å². The van der Waals surface area contributed by atoms with Crippen LogP contribution in [0.1, 0.15) is 13.3 Å².